The first-order valence-corrected chi connectivity index (χ1v) is 8.64. The van der Waals surface area contributed by atoms with E-state index in [0.29, 0.717) is 30.3 Å². The zero-order chi connectivity index (χ0) is 19.8. The van der Waals surface area contributed by atoms with E-state index in [9.17, 15) is 14.4 Å². The summed E-state index contributed by atoms with van der Waals surface area (Å²) in [5, 5.41) is 11.7. The summed E-state index contributed by atoms with van der Waals surface area (Å²) in [5.74, 6) is -0.118. The molecule has 0 fully saturated rings. The van der Waals surface area contributed by atoms with E-state index in [4.69, 9.17) is 21.1 Å². The third kappa shape index (κ3) is 5.47. The number of ether oxygens (including phenoxy) is 2. The SMILES string of the molecule is CCOc1ccc(/C=C(/C#N)C(=O)Nc2ccc(F)c(Cl)c2)cc1OCC. The molecule has 0 unspecified atom stereocenters. The Kier molecular flexibility index (Phi) is 7.21. The van der Waals surface area contributed by atoms with Gasteiger partial charge in [-0.3, -0.25) is 4.79 Å². The van der Waals surface area contributed by atoms with Crippen molar-refractivity contribution in [2.45, 2.75) is 13.8 Å². The van der Waals surface area contributed by atoms with Gasteiger partial charge in [-0.2, -0.15) is 5.26 Å². The molecule has 27 heavy (non-hydrogen) atoms. The molecule has 0 aliphatic carbocycles. The molecule has 0 atom stereocenters. The van der Waals surface area contributed by atoms with Crippen LogP contribution in [-0.2, 0) is 4.79 Å². The average molecular weight is 389 g/mol. The van der Waals surface area contributed by atoms with Gasteiger partial charge in [0.1, 0.15) is 17.5 Å². The number of rotatable bonds is 7. The first-order valence-electron chi connectivity index (χ1n) is 8.26. The number of carbonyl (C=O) groups is 1. The van der Waals surface area contributed by atoms with E-state index in [0.717, 1.165) is 6.07 Å². The summed E-state index contributed by atoms with van der Waals surface area (Å²) >= 11 is 5.70. The maximum atomic E-state index is 13.2. The molecule has 0 spiro atoms. The number of nitrogens with zero attached hydrogens (tertiary/aromatic N) is 1. The molecule has 0 heterocycles. The molecule has 0 saturated heterocycles. The molecular formula is C20H18ClFN2O3. The van der Waals surface area contributed by atoms with Gasteiger partial charge in [-0.15, -0.1) is 0 Å². The predicted molar refractivity (Wildman–Crippen MR) is 102 cm³/mol. The normalized spacial score (nSPS) is 10.9. The van der Waals surface area contributed by atoms with Crippen LogP contribution in [0.15, 0.2) is 42.0 Å². The molecule has 2 aromatic carbocycles. The van der Waals surface area contributed by atoms with Gasteiger partial charge in [0.15, 0.2) is 11.5 Å². The number of nitriles is 1. The lowest BCUT2D eigenvalue weighted by Gasteiger charge is -2.11. The van der Waals surface area contributed by atoms with Crippen LogP contribution in [0, 0.1) is 17.1 Å². The number of benzene rings is 2. The van der Waals surface area contributed by atoms with Gasteiger partial charge < -0.3 is 14.8 Å². The topological polar surface area (TPSA) is 71.3 Å². The molecular weight excluding hydrogens is 371 g/mol. The molecule has 1 amide bonds. The van der Waals surface area contributed by atoms with Crippen molar-refractivity contribution in [2.75, 3.05) is 18.5 Å². The Labute approximate surface area is 162 Å². The summed E-state index contributed by atoms with van der Waals surface area (Å²) in [6.07, 6.45) is 1.43. The summed E-state index contributed by atoms with van der Waals surface area (Å²) in [5.41, 5.74) is 0.766. The smallest absolute Gasteiger partial charge is 0.266 e. The maximum Gasteiger partial charge on any atom is 0.266 e. The van der Waals surface area contributed by atoms with Crippen LogP contribution in [0.25, 0.3) is 6.08 Å². The summed E-state index contributed by atoms with van der Waals surface area (Å²) in [6, 6.07) is 10.7. The van der Waals surface area contributed by atoms with Crippen LogP contribution < -0.4 is 14.8 Å². The highest BCUT2D eigenvalue weighted by Gasteiger charge is 2.12. The number of halogens is 2. The van der Waals surface area contributed by atoms with Gasteiger partial charge in [0.2, 0.25) is 0 Å². The minimum Gasteiger partial charge on any atom is -0.490 e. The fourth-order valence-corrected chi connectivity index (χ4v) is 2.43. The lowest BCUT2D eigenvalue weighted by atomic mass is 10.1. The quantitative estimate of drug-likeness (QED) is 0.545. The molecule has 1 N–H and O–H groups in total. The van der Waals surface area contributed by atoms with E-state index in [1.807, 2.05) is 19.9 Å². The Balaban J connectivity index is 2.26. The monoisotopic (exact) mass is 388 g/mol. The molecule has 7 heteroatoms. The van der Waals surface area contributed by atoms with Crippen LogP contribution in [0.4, 0.5) is 10.1 Å². The standard InChI is InChI=1S/C20H18ClFN2O3/c1-3-26-18-8-5-13(10-19(18)27-4-2)9-14(12-23)20(25)24-15-6-7-17(22)16(21)11-15/h5-11H,3-4H2,1-2H3,(H,24,25)/b14-9-. The zero-order valence-electron chi connectivity index (χ0n) is 14.9. The van der Waals surface area contributed by atoms with E-state index in [1.54, 1.807) is 18.2 Å². The molecule has 0 bridgehead atoms. The van der Waals surface area contributed by atoms with Gasteiger partial charge in [0.05, 0.1) is 18.2 Å². The van der Waals surface area contributed by atoms with E-state index >= 15 is 0 Å². The Bertz CT molecular complexity index is 907. The number of nitrogens with one attached hydrogen (secondary N) is 1. The van der Waals surface area contributed by atoms with Crippen molar-refractivity contribution in [1.29, 1.82) is 5.26 Å². The van der Waals surface area contributed by atoms with Crippen LogP contribution >= 0.6 is 11.6 Å². The highest BCUT2D eigenvalue weighted by molar-refractivity contribution is 6.31. The number of hydrogen-bond acceptors (Lipinski definition) is 4. The summed E-state index contributed by atoms with van der Waals surface area (Å²) in [4.78, 5) is 12.3. The summed E-state index contributed by atoms with van der Waals surface area (Å²) in [6.45, 7) is 4.65. The molecule has 140 valence electrons. The third-order valence-electron chi connectivity index (χ3n) is 3.42. The van der Waals surface area contributed by atoms with Crippen LogP contribution in [-0.4, -0.2) is 19.1 Å². The van der Waals surface area contributed by atoms with Crippen LogP contribution in [0.2, 0.25) is 5.02 Å². The maximum absolute atomic E-state index is 13.2. The molecule has 0 aliphatic rings. The molecule has 0 aliphatic heterocycles. The van der Waals surface area contributed by atoms with Crippen LogP contribution in [0.1, 0.15) is 19.4 Å². The highest BCUT2D eigenvalue weighted by Crippen LogP contribution is 2.29. The fourth-order valence-electron chi connectivity index (χ4n) is 2.25. The van der Waals surface area contributed by atoms with Gasteiger partial charge in [-0.05, 0) is 55.8 Å². The number of hydrogen-bond donors (Lipinski definition) is 1. The van der Waals surface area contributed by atoms with Gasteiger partial charge >= 0.3 is 0 Å². The number of amides is 1. The number of anilines is 1. The predicted octanol–water partition coefficient (Wildman–Crippen LogP) is 4.82. The lowest BCUT2D eigenvalue weighted by molar-refractivity contribution is -0.112. The first-order chi connectivity index (χ1) is 13.0. The van der Waals surface area contributed by atoms with Crippen molar-refractivity contribution in [1.82, 2.24) is 0 Å². The van der Waals surface area contributed by atoms with Crippen molar-refractivity contribution in [3.8, 4) is 17.6 Å². The minimum atomic E-state index is -0.632. The molecule has 2 rings (SSSR count). The number of carbonyl (C=O) groups excluding carboxylic acids is 1. The Hall–Kier alpha value is -3.04. The zero-order valence-corrected chi connectivity index (χ0v) is 15.6. The Morgan fingerprint density at radius 2 is 1.89 bits per heavy atom. The molecule has 0 saturated carbocycles. The third-order valence-corrected chi connectivity index (χ3v) is 3.71. The molecule has 0 aromatic heterocycles. The van der Waals surface area contributed by atoms with Crippen molar-refractivity contribution < 1.29 is 18.7 Å². The Morgan fingerprint density at radius 1 is 1.19 bits per heavy atom. The van der Waals surface area contributed by atoms with Crippen LogP contribution in [0.5, 0.6) is 11.5 Å². The highest BCUT2D eigenvalue weighted by atomic mass is 35.5. The van der Waals surface area contributed by atoms with Crippen LogP contribution in [0.3, 0.4) is 0 Å². The summed E-state index contributed by atoms with van der Waals surface area (Å²) in [7, 11) is 0. The Morgan fingerprint density at radius 3 is 2.52 bits per heavy atom. The average Bonchev–Trinajstić information content (AvgIpc) is 2.65. The fraction of sp³-hybridized carbons (Fsp3) is 0.200. The molecule has 2 aromatic rings. The van der Waals surface area contributed by atoms with Gasteiger partial charge in [-0.25, -0.2) is 4.39 Å². The van der Waals surface area contributed by atoms with Crippen molar-refractivity contribution in [3.63, 3.8) is 0 Å². The molecule has 0 radical (unpaired) electrons. The first kappa shape index (κ1) is 20.3. The molecule has 5 nitrogen and oxygen atoms in total. The van der Waals surface area contributed by atoms with Crippen molar-refractivity contribution in [2.24, 2.45) is 0 Å². The van der Waals surface area contributed by atoms with E-state index in [2.05, 4.69) is 5.32 Å². The largest absolute Gasteiger partial charge is 0.490 e. The van der Waals surface area contributed by atoms with E-state index < -0.39 is 11.7 Å². The van der Waals surface area contributed by atoms with Gasteiger partial charge in [0.25, 0.3) is 5.91 Å². The van der Waals surface area contributed by atoms with E-state index in [1.165, 1.54) is 18.2 Å². The lowest BCUT2D eigenvalue weighted by Crippen LogP contribution is -2.13. The van der Waals surface area contributed by atoms with Crippen molar-refractivity contribution in [3.05, 3.63) is 58.4 Å². The summed E-state index contributed by atoms with van der Waals surface area (Å²) < 4.78 is 24.2. The second kappa shape index (κ2) is 9.60. The van der Waals surface area contributed by atoms with E-state index in [-0.39, 0.29) is 16.3 Å². The second-order valence-corrected chi connectivity index (χ2v) is 5.73. The minimum absolute atomic E-state index is 0.122. The second-order valence-electron chi connectivity index (χ2n) is 5.33. The van der Waals surface area contributed by atoms with Gasteiger partial charge in [0, 0.05) is 5.69 Å². The van der Waals surface area contributed by atoms with Crippen molar-refractivity contribution >= 4 is 29.3 Å². The van der Waals surface area contributed by atoms with Gasteiger partial charge in [-0.1, -0.05) is 17.7 Å².